The molecular weight excluding hydrogens is 783 g/mol. The Kier molecular flexibility index (Phi) is 8.12. The van der Waals surface area contributed by atoms with E-state index in [2.05, 4.69) is 223 Å². The Morgan fingerprint density at radius 2 is 0.778 bits per heavy atom. The van der Waals surface area contributed by atoms with Crippen molar-refractivity contribution in [2.75, 3.05) is 4.90 Å². The van der Waals surface area contributed by atoms with Crippen molar-refractivity contribution in [3.63, 3.8) is 0 Å². The Balaban J connectivity index is 1.21. The quantitative estimate of drug-likeness (QED) is 0.176. The molecule has 0 atom stereocenters. The summed E-state index contributed by atoms with van der Waals surface area (Å²) in [4.78, 5) is 2.38. The lowest BCUT2D eigenvalue weighted by molar-refractivity contribution is 0.669. The molecule has 13 rings (SSSR count). The molecule has 0 N–H and O–H groups in total. The molecule has 0 aliphatic carbocycles. The van der Waals surface area contributed by atoms with Crippen LogP contribution < -0.4 is 4.90 Å². The first-order valence-electron chi connectivity index (χ1n) is 21.5. The molecule has 0 fully saturated rings. The standard InChI is InChI=1S/C60H37NOS/c1-2-15-38(16-3-1)39-29-31-40(32-30-39)61(56-26-14-25-51-49-23-10-12-27-57(49)62-60(51)56)41-33-34-48-46-21-7-6-19-44(46)42-17-4-5-18-43(42)45-20-8-9-22-47(45)54-37-59-55(36-53(54)52(48)35-41)50-24-11-13-28-58(50)63-59/h1-37H. The minimum Gasteiger partial charge on any atom is -0.454 e. The molecule has 0 spiro atoms. The van der Waals surface area contributed by atoms with E-state index in [1.54, 1.807) is 0 Å². The zero-order valence-corrected chi connectivity index (χ0v) is 34.9. The van der Waals surface area contributed by atoms with Gasteiger partial charge in [0.1, 0.15) is 5.58 Å². The fraction of sp³-hybridized carbons (Fsp3) is 0. The SMILES string of the molecule is c1ccc(-c2ccc(N(c3ccc4c5ccccc5c5ccccc5c5ccccc5c5cc6sc7ccccc7c6cc5c4c3)c3cccc4c3oc3ccccc34)cc2)cc1. The predicted octanol–water partition coefficient (Wildman–Crippen LogP) is 18.0. The highest BCUT2D eigenvalue weighted by atomic mass is 32.1. The highest BCUT2D eigenvalue weighted by Gasteiger charge is 2.21. The van der Waals surface area contributed by atoms with Crippen LogP contribution in [0.3, 0.4) is 0 Å². The third-order valence-corrected chi connectivity index (χ3v) is 14.0. The summed E-state index contributed by atoms with van der Waals surface area (Å²) in [5.74, 6) is 0. The van der Waals surface area contributed by atoms with Crippen LogP contribution in [0, 0.1) is 0 Å². The molecule has 2 nitrogen and oxygen atoms in total. The minimum atomic E-state index is 0.855. The molecule has 0 amide bonds. The molecular formula is C60H37NOS. The summed E-state index contributed by atoms with van der Waals surface area (Å²) in [6.45, 7) is 0. The van der Waals surface area contributed by atoms with Crippen molar-refractivity contribution in [3.8, 4) is 11.1 Å². The van der Waals surface area contributed by atoms with Crippen LogP contribution >= 0.6 is 11.3 Å². The van der Waals surface area contributed by atoms with Crippen molar-refractivity contribution in [1.29, 1.82) is 0 Å². The lowest BCUT2D eigenvalue weighted by atomic mass is 9.93. The second-order valence-electron chi connectivity index (χ2n) is 16.4. The van der Waals surface area contributed by atoms with Gasteiger partial charge >= 0.3 is 0 Å². The van der Waals surface area contributed by atoms with E-state index in [0.29, 0.717) is 0 Å². The van der Waals surface area contributed by atoms with E-state index in [1.165, 1.54) is 85.2 Å². The van der Waals surface area contributed by atoms with Crippen molar-refractivity contribution < 1.29 is 4.42 Å². The molecule has 0 bridgehead atoms. The van der Waals surface area contributed by atoms with Gasteiger partial charge < -0.3 is 9.32 Å². The molecule has 2 heterocycles. The van der Waals surface area contributed by atoms with Gasteiger partial charge in [0.05, 0.1) is 5.69 Å². The van der Waals surface area contributed by atoms with Crippen LogP contribution in [-0.2, 0) is 0 Å². The van der Waals surface area contributed by atoms with Crippen molar-refractivity contribution in [1.82, 2.24) is 0 Å². The number of hydrogen-bond donors (Lipinski definition) is 0. The lowest BCUT2D eigenvalue weighted by Crippen LogP contribution is -2.10. The van der Waals surface area contributed by atoms with Gasteiger partial charge in [-0.15, -0.1) is 11.3 Å². The van der Waals surface area contributed by atoms with Crippen LogP contribution in [0.2, 0.25) is 0 Å². The first-order valence-corrected chi connectivity index (χ1v) is 22.3. The van der Waals surface area contributed by atoms with Crippen molar-refractivity contribution in [2.45, 2.75) is 0 Å². The van der Waals surface area contributed by atoms with E-state index in [1.807, 2.05) is 17.4 Å². The Labute approximate surface area is 367 Å². The van der Waals surface area contributed by atoms with Crippen LogP contribution in [0.4, 0.5) is 17.1 Å². The maximum atomic E-state index is 6.79. The number of fused-ring (bicyclic) bond motifs is 16. The van der Waals surface area contributed by atoms with Crippen molar-refractivity contribution >= 4 is 124 Å². The monoisotopic (exact) mass is 819 g/mol. The molecule has 11 aromatic carbocycles. The average molecular weight is 820 g/mol. The van der Waals surface area contributed by atoms with Gasteiger partial charge in [-0.05, 0) is 120 Å². The van der Waals surface area contributed by atoms with Gasteiger partial charge in [0.2, 0.25) is 0 Å². The first-order chi connectivity index (χ1) is 31.2. The van der Waals surface area contributed by atoms with Gasteiger partial charge in [-0.25, -0.2) is 0 Å². The topological polar surface area (TPSA) is 16.4 Å². The van der Waals surface area contributed by atoms with Gasteiger partial charge in [0.15, 0.2) is 5.58 Å². The second kappa shape index (κ2) is 14.3. The number of furan rings is 1. The molecule has 2 aromatic heterocycles. The van der Waals surface area contributed by atoms with Gasteiger partial charge in [0.25, 0.3) is 0 Å². The van der Waals surface area contributed by atoms with E-state index in [4.69, 9.17) is 4.42 Å². The molecule has 0 aliphatic rings. The van der Waals surface area contributed by atoms with E-state index in [9.17, 15) is 0 Å². The Bertz CT molecular complexity index is 4030. The number of hydrogen-bond acceptors (Lipinski definition) is 3. The van der Waals surface area contributed by atoms with Crippen molar-refractivity contribution in [2.24, 2.45) is 0 Å². The first kappa shape index (κ1) is 35.7. The van der Waals surface area contributed by atoms with Crippen LogP contribution in [0.1, 0.15) is 0 Å². The molecule has 3 heteroatoms. The molecule has 13 aromatic rings. The van der Waals surface area contributed by atoms with Crippen molar-refractivity contribution in [3.05, 3.63) is 224 Å². The number of rotatable bonds is 4. The second-order valence-corrected chi connectivity index (χ2v) is 17.4. The zero-order chi connectivity index (χ0) is 41.4. The van der Waals surface area contributed by atoms with Crippen LogP contribution in [-0.4, -0.2) is 0 Å². The number of benzene rings is 10. The number of para-hydroxylation sites is 2. The van der Waals surface area contributed by atoms with Crippen LogP contribution in [0.25, 0.3) is 107 Å². The van der Waals surface area contributed by atoms with E-state index < -0.39 is 0 Å². The fourth-order valence-corrected chi connectivity index (χ4v) is 11.1. The summed E-state index contributed by atoms with van der Waals surface area (Å²) in [5.41, 5.74) is 7.15. The van der Waals surface area contributed by atoms with Gasteiger partial charge in [-0.1, -0.05) is 170 Å². The third-order valence-electron chi connectivity index (χ3n) is 12.9. The van der Waals surface area contributed by atoms with Gasteiger partial charge in [-0.2, -0.15) is 0 Å². The predicted molar refractivity (Wildman–Crippen MR) is 272 cm³/mol. The zero-order valence-electron chi connectivity index (χ0n) is 34.1. The molecule has 294 valence electrons. The number of nitrogens with zero attached hydrogens (tertiary/aromatic N) is 1. The maximum Gasteiger partial charge on any atom is 0.159 e. The van der Waals surface area contributed by atoms with E-state index in [-0.39, 0.29) is 0 Å². The summed E-state index contributed by atoms with van der Waals surface area (Å²) in [6.07, 6.45) is 0. The molecule has 63 heavy (non-hydrogen) atoms. The summed E-state index contributed by atoms with van der Waals surface area (Å²) >= 11 is 1.87. The average Bonchev–Trinajstić information content (AvgIpc) is 3.92. The largest absolute Gasteiger partial charge is 0.454 e. The summed E-state index contributed by atoms with van der Waals surface area (Å²) in [6, 6.07) is 82.1. The molecule has 0 saturated carbocycles. The lowest BCUT2D eigenvalue weighted by Gasteiger charge is -2.26. The summed E-state index contributed by atoms with van der Waals surface area (Å²) in [5, 5.41) is 16.8. The van der Waals surface area contributed by atoms with Crippen LogP contribution in [0.15, 0.2) is 229 Å². The Morgan fingerprint density at radius 1 is 0.286 bits per heavy atom. The molecule has 0 aliphatic heterocycles. The Hall–Kier alpha value is -7.98. The van der Waals surface area contributed by atoms with E-state index >= 15 is 0 Å². The minimum absolute atomic E-state index is 0.855. The summed E-state index contributed by atoms with van der Waals surface area (Å²) < 4.78 is 9.37. The smallest absolute Gasteiger partial charge is 0.159 e. The summed E-state index contributed by atoms with van der Waals surface area (Å²) in [7, 11) is 0. The normalized spacial score (nSPS) is 11.8. The maximum absolute atomic E-state index is 6.79. The molecule has 0 radical (unpaired) electrons. The van der Waals surface area contributed by atoms with Gasteiger partial charge in [0, 0.05) is 42.3 Å². The highest BCUT2D eigenvalue weighted by molar-refractivity contribution is 7.25. The Morgan fingerprint density at radius 3 is 1.46 bits per heavy atom. The fourth-order valence-electron chi connectivity index (χ4n) is 9.97. The van der Waals surface area contributed by atoms with E-state index in [0.717, 1.165) is 39.0 Å². The molecule has 0 saturated heterocycles. The van der Waals surface area contributed by atoms with Crippen LogP contribution in [0.5, 0.6) is 0 Å². The third kappa shape index (κ3) is 5.71. The highest BCUT2D eigenvalue weighted by Crippen LogP contribution is 2.46. The number of anilines is 3. The van der Waals surface area contributed by atoms with Gasteiger partial charge in [-0.3, -0.25) is 0 Å². The number of thiophene rings is 1. The molecule has 0 unspecified atom stereocenters.